The van der Waals surface area contributed by atoms with Crippen LogP contribution in [0.2, 0.25) is 0 Å². The van der Waals surface area contributed by atoms with E-state index in [1.165, 1.54) is 16.8 Å². The Hall–Kier alpha value is -3.33. The summed E-state index contributed by atoms with van der Waals surface area (Å²) in [7, 11) is 0. The predicted molar refractivity (Wildman–Crippen MR) is 106 cm³/mol. The van der Waals surface area contributed by atoms with Gasteiger partial charge in [-0.3, -0.25) is 24.6 Å². The zero-order valence-corrected chi connectivity index (χ0v) is 15.6. The highest BCUT2D eigenvalue weighted by atomic mass is 32.2. The third kappa shape index (κ3) is 4.68. The molecule has 144 valence electrons. The Morgan fingerprint density at radius 2 is 1.79 bits per heavy atom. The van der Waals surface area contributed by atoms with Crippen LogP contribution in [0.5, 0.6) is 0 Å². The van der Waals surface area contributed by atoms with Gasteiger partial charge in [0, 0.05) is 23.3 Å². The summed E-state index contributed by atoms with van der Waals surface area (Å²) in [6.45, 7) is 0. The number of carbonyl (C=O) groups is 4. The Bertz CT molecular complexity index is 930. The topological polar surface area (TPSA) is 122 Å². The fraction of sp³-hybridized carbons (Fsp3) is 0.158. The molecule has 0 radical (unpaired) electrons. The number of nitrogens with one attached hydrogen (secondary N) is 2. The number of thioether (sulfide) groups is 1. The van der Waals surface area contributed by atoms with E-state index >= 15 is 0 Å². The van der Waals surface area contributed by atoms with E-state index < -0.39 is 5.91 Å². The Balaban J connectivity index is 1.71. The average Bonchev–Trinajstić information content (AvgIpc) is 2.69. The van der Waals surface area contributed by atoms with Crippen LogP contribution in [0.15, 0.2) is 53.4 Å². The maximum Gasteiger partial charge on any atom is 0.255 e. The molecule has 28 heavy (non-hydrogen) atoms. The molecule has 1 aliphatic heterocycles. The number of carbonyl (C=O) groups excluding carboxylic acids is 4. The molecule has 4 amide bonds. The standard InChI is InChI=1S/C19H18N4O4S/c20-16(24)11-28-15-4-2-1-3-14(15)21-19(27)12-5-7-13(8-6-12)23-18(26)10-9-17(25)22-23/h1-8H,9-11H2,(H2,20,24)(H,21,27)(H,22,25). The number of primary amides is 1. The number of hydrogen-bond donors (Lipinski definition) is 3. The fourth-order valence-electron chi connectivity index (χ4n) is 2.58. The second kappa shape index (κ2) is 8.57. The number of amides is 4. The van der Waals surface area contributed by atoms with Crippen LogP contribution in [0.3, 0.4) is 0 Å². The van der Waals surface area contributed by atoms with Crippen molar-refractivity contribution in [3.8, 4) is 0 Å². The van der Waals surface area contributed by atoms with Crippen molar-refractivity contribution in [2.45, 2.75) is 17.7 Å². The molecule has 0 spiro atoms. The van der Waals surface area contributed by atoms with E-state index in [9.17, 15) is 19.2 Å². The lowest BCUT2D eigenvalue weighted by atomic mass is 10.1. The molecule has 1 aliphatic rings. The van der Waals surface area contributed by atoms with Crippen LogP contribution in [0.25, 0.3) is 0 Å². The van der Waals surface area contributed by atoms with E-state index in [0.717, 1.165) is 4.90 Å². The number of para-hydroxylation sites is 1. The molecule has 4 N–H and O–H groups in total. The van der Waals surface area contributed by atoms with E-state index in [4.69, 9.17) is 5.73 Å². The van der Waals surface area contributed by atoms with Gasteiger partial charge in [0.1, 0.15) is 0 Å². The Kier molecular flexibility index (Phi) is 5.95. The van der Waals surface area contributed by atoms with E-state index in [1.807, 2.05) is 0 Å². The first-order valence-corrected chi connectivity index (χ1v) is 9.46. The zero-order valence-electron chi connectivity index (χ0n) is 14.8. The number of anilines is 2. The minimum atomic E-state index is -0.443. The van der Waals surface area contributed by atoms with Crippen molar-refractivity contribution in [1.29, 1.82) is 0 Å². The fourth-order valence-corrected chi connectivity index (χ4v) is 3.33. The molecule has 9 heteroatoms. The molecule has 8 nitrogen and oxygen atoms in total. The predicted octanol–water partition coefficient (Wildman–Crippen LogP) is 1.67. The third-order valence-corrected chi connectivity index (χ3v) is 5.04. The van der Waals surface area contributed by atoms with Gasteiger partial charge in [-0.05, 0) is 36.4 Å². The van der Waals surface area contributed by atoms with Crippen LogP contribution >= 0.6 is 11.8 Å². The van der Waals surface area contributed by atoms with Crippen LogP contribution < -0.4 is 21.5 Å². The summed E-state index contributed by atoms with van der Waals surface area (Å²) in [6.07, 6.45) is 0.316. The van der Waals surface area contributed by atoms with Crippen molar-refractivity contribution < 1.29 is 19.2 Å². The van der Waals surface area contributed by atoms with Gasteiger partial charge in [0.25, 0.3) is 5.91 Å². The molecule has 2 aromatic rings. The molecular weight excluding hydrogens is 380 g/mol. The van der Waals surface area contributed by atoms with Crippen LogP contribution in [0.4, 0.5) is 11.4 Å². The lowest BCUT2D eigenvalue weighted by Gasteiger charge is -2.27. The van der Waals surface area contributed by atoms with Crippen LogP contribution in [-0.2, 0) is 14.4 Å². The summed E-state index contributed by atoms with van der Waals surface area (Å²) >= 11 is 1.24. The van der Waals surface area contributed by atoms with Gasteiger partial charge in [0.15, 0.2) is 0 Å². The van der Waals surface area contributed by atoms with Gasteiger partial charge in [0.2, 0.25) is 17.7 Å². The molecular formula is C19H18N4O4S. The number of nitrogens with zero attached hydrogens (tertiary/aromatic N) is 1. The zero-order chi connectivity index (χ0) is 20.1. The monoisotopic (exact) mass is 398 g/mol. The number of hydrogen-bond acceptors (Lipinski definition) is 5. The first-order valence-electron chi connectivity index (χ1n) is 8.48. The molecule has 1 heterocycles. The second-order valence-electron chi connectivity index (χ2n) is 6.02. The van der Waals surface area contributed by atoms with Crippen molar-refractivity contribution >= 4 is 46.8 Å². The maximum absolute atomic E-state index is 12.5. The highest BCUT2D eigenvalue weighted by Crippen LogP contribution is 2.27. The minimum Gasteiger partial charge on any atom is -0.369 e. The van der Waals surface area contributed by atoms with E-state index in [1.54, 1.807) is 48.5 Å². The van der Waals surface area contributed by atoms with Gasteiger partial charge in [-0.25, -0.2) is 5.01 Å². The quantitative estimate of drug-likeness (QED) is 0.639. The summed E-state index contributed by atoms with van der Waals surface area (Å²) in [5.41, 5.74) is 9.11. The highest BCUT2D eigenvalue weighted by molar-refractivity contribution is 8.00. The molecule has 1 fully saturated rings. The number of benzene rings is 2. The second-order valence-corrected chi connectivity index (χ2v) is 7.03. The molecule has 3 rings (SSSR count). The Morgan fingerprint density at radius 3 is 2.50 bits per heavy atom. The first kappa shape index (κ1) is 19.4. The number of nitrogens with two attached hydrogens (primary N) is 1. The highest BCUT2D eigenvalue weighted by Gasteiger charge is 2.24. The largest absolute Gasteiger partial charge is 0.369 e. The summed E-state index contributed by atoms with van der Waals surface area (Å²) in [4.78, 5) is 47.7. The van der Waals surface area contributed by atoms with E-state index in [-0.39, 0.29) is 36.3 Å². The van der Waals surface area contributed by atoms with Crippen LogP contribution in [0.1, 0.15) is 23.2 Å². The van der Waals surface area contributed by atoms with Gasteiger partial charge < -0.3 is 11.1 Å². The molecule has 1 saturated heterocycles. The van der Waals surface area contributed by atoms with Gasteiger partial charge >= 0.3 is 0 Å². The van der Waals surface area contributed by atoms with Crippen molar-refractivity contribution in [2.24, 2.45) is 5.73 Å². The van der Waals surface area contributed by atoms with Crippen LogP contribution in [0, 0.1) is 0 Å². The lowest BCUT2D eigenvalue weighted by molar-refractivity contribution is -0.130. The van der Waals surface area contributed by atoms with Crippen molar-refractivity contribution in [1.82, 2.24) is 5.43 Å². The van der Waals surface area contributed by atoms with E-state index in [0.29, 0.717) is 16.9 Å². The number of rotatable bonds is 6. The first-order chi connectivity index (χ1) is 13.4. The Labute approximate surface area is 165 Å². The van der Waals surface area contributed by atoms with Gasteiger partial charge in [-0.15, -0.1) is 11.8 Å². The van der Waals surface area contributed by atoms with Gasteiger partial charge in [-0.2, -0.15) is 0 Å². The van der Waals surface area contributed by atoms with Crippen molar-refractivity contribution in [2.75, 3.05) is 16.1 Å². The summed E-state index contributed by atoms with van der Waals surface area (Å²) in [5.74, 6) is -1.12. The molecule has 0 aromatic heterocycles. The maximum atomic E-state index is 12.5. The minimum absolute atomic E-state index is 0.108. The SMILES string of the molecule is NC(=O)CSc1ccccc1NC(=O)c1ccc(N2NC(=O)CCC2=O)cc1. The lowest BCUT2D eigenvalue weighted by Crippen LogP contribution is -2.50. The van der Waals surface area contributed by atoms with Crippen molar-refractivity contribution in [3.05, 3.63) is 54.1 Å². The average molecular weight is 398 g/mol. The molecule has 0 unspecified atom stereocenters. The molecule has 0 bridgehead atoms. The molecule has 2 aromatic carbocycles. The van der Waals surface area contributed by atoms with E-state index in [2.05, 4.69) is 10.7 Å². The molecule has 0 atom stereocenters. The normalized spacial score (nSPS) is 13.8. The summed E-state index contributed by atoms with van der Waals surface area (Å²) in [6, 6.07) is 13.4. The summed E-state index contributed by atoms with van der Waals surface area (Å²) in [5, 5.41) is 3.99. The smallest absolute Gasteiger partial charge is 0.255 e. The van der Waals surface area contributed by atoms with Crippen molar-refractivity contribution in [3.63, 3.8) is 0 Å². The van der Waals surface area contributed by atoms with Gasteiger partial charge in [-0.1, -0.05) is 12.1 Å². The van der Waals surface area contributed by atoms with Gasteiger partial charge in [0.05, 0.1) is 17.1 Å². The Morgan fingerprint density at radius 1 is 1.07 bits per heavy atom. The number of hydrazine groups is 1. The summed E-state index contributed by atoms with van der Waals surface area (Å²) < 4.78 is 0. The third-order valence-electron chi connectivity index (χ3n) is 3.94. The van der Waals surface area contributed by atoms with Crippen LogP contribution in [-0.4, -0.2) is 29.4 Å². The molecule has 0 aliphatic carbocycles. The molecule has 0 saturated carbocycles.